The average Bonchev–Trinajstić information content (AvgIpc) is 3.02. The summed E-state index contributed by atoms with van der Waals surface area (Å²) in [5.41, 5.74) is 3.00. The molecule has 0 aromatic carbocycles. The van der Waals surface area contributed by atoms with Gasteiger partial charge in [-0.15, -0.1) is 0 Å². The Morgan fingerprint density at radius 3 is 2.91 bits per heavy atom. The van der Waals surface area contributed by atoms with Crippen molar-refractivity contribution in [3.8, 4) is 11.4 Å². The number of carbonyl (C=O) groups is 1. The number of rotatable bonds is 6. The van der Waals surface area contributed by atoms with Gasteiger partial charge in [-0.3, -0.25) is 9.78 Å². The molecule has 0 atom stereocenters. The lowest BCUT2D eigenvalue weighted by Gasteiger charge is -2.24. The smallest absolute Gasteiger partial charge is 0.323 e. The number of carboxylic acid groups (broad SMARTS) is 1. The fourth-order valence-corrected chi connectivity index (χ4v) is 2.99. The highest BCUT2D eigenvalue weighted by Crippen LogP contribution is 2.31. The molecule has 2 aromatic heterocycles. The van der Waals surface area contributed by atoms with Crippen molar-refractivity contribution in [1.82, 2.24) is 15.0 Å². The minimum absolute atomic E-state index is 0.0379. The van der Waals surface area contributed by atoms with Crippen LogP contribution in [0.25, 0.3) is 11.4 Å². The SMILES string of the molecule is CCCN(CC(=O)O)c1nc(-c2cccnc2)nc2c1CCC2. The largest absolute Gasteiger partial charge is 0.480 e. The van der Waals surface area contributed by atoms with E-state index in [9.17, 15) is 9.90 Å². The Hall–Kier alpha value is -2.50. The molecule has 0 saturated heterocycles. The predicted molar refractivity (Wildman–Crippen MR) is 87.4 cm³/mol. The third-order valence-electron chi connectivity index (χ3n) is 3.95. The Morgan fingerprint density at radius 2 is 2.22 bits per heavy atom. The second-order valence-corrected chi connectivity index (χ2v) is 5.71. The maximum Gasteiger partial charge on any atom is 0.323 e. The van der Waals surface area contributed by atoms with E-state index in [1.165, 1.54) is 0 Å². The van der Waals surface area contributed by atoms with Crippen LogP contribution in [0.4, 0.5) is 5.82 Å². The summed E-state index contributed by atoms with van der Waals surface area (Å²) in [4.78, 5) is 26.6. The average molecular weight is 312 g/mol. The van der Waals surface area contributed by atoms with Crippen molar-refractivity contribution in [2.45, 2.75) is 32.6 Å². The van der Waals surface area contributed by atoms with Crippen molar-refractivity contribution in [3.05, 3.63) is 35.8 Å². The van der Waals surface area contributed by atoms with E-state index in [-0.39, 0.29) is 6.54 Å². The Bertz CT molecular complexity index is 703. The predicted octanol–water partition coefficient (Wildman–Crippen LogP) is 2.33. The molecule has 0 saturated carbocycles. The molecule has 0 unspecified atom stereocenters. The molecule has 2 aromatic rings. The summed E-state index contributed by atoms with van der Waals surface area (Å²) in [6.45, 7) is 2.67. The second-order valence-electron chi connectivity index (χ2n) is 5.71. The van der Waals surface area contributed by atoms with Gasteiger partial charge in [-0.2, -0.15) is 0 Å². The molecule has 1 aliphatic rings. The Morgan fingerprint density at radius 1 is 1.35 bits per heavy atom. The summed E-state index contributed by atoms with van der Waals surface area (Å²) in [6, 6.07) is 3.78. The first-order chi connectivity index (χ1) is 11.2. The highest BCUT2D eigenvalue weighted by molar-refractivity contribution is 5.74. The minimum atomic E-state index is -0.841. The number of pyridine rings is 1. The molecule has 2 heterocycles. The van der Waals surface area contributed by atoms with E-state index in [0.29, 0.717) is 12.4 Å². The summed E-state index contributed by atoms with van der Waals surface area (Å²) in [6.07, 6.45) is 7.20. The van der Waals surface area contributed by atoms with Gasteiger partial charge in [0.15, 0.2) is 5.82 Å². The second kappa shape index (κ2) is 6.73. The number of aromatic nitrogens is 3. The van der Waals surface area contributed by atoms with Crippen LogP contribution in [0.2, 0.25) is 0 Å². The monoisotopic (exact) mass is 312 g/mol. The normalized spacial score (nSPS) is 12.9. The molecule has 0 bridgehead atoms. The van der Waals surface area contributed by atoms with Crippen LogP contribution in [-0.2, 0) is 17.6 Å². The molecule has 0 amide bonds. The summed E-state index contributed by atoms with van der Waals surface area (Å²) >= 11 is 0. The topological polar surface area (TPSA) is 79.2 Å². The lowest BCUT2D eigenvalue weighted by molar-refractivity contribution is -0.135. The van der Waals surface area contributed by atoms with Crippen LogP contribution in [0.15, 0.2) is 24.5 Å². The van der Waals surface area contributed by atoms with Gasteiger partial charge in [0.1, 0.15) is 12.4 Å². The minimum Gasteiger partial charge on any atom is -0.480 e. The first kappa shape index (κ1) is 15.4. The summed E-state index contributed by atoms with van der Waals surface area (Å²) in [7, 11) is 0. The number of anilines is 1. The van der Waals surface area contributed by atoms with Crippen molar-refractivity contribution in [1.29, 1.82) is 0 Å². The van der Waals surface area contributed by atoms with Gasteiger partial charge in [-0.1, -0.05) is 6.92 Å². The lowest BCUT2D eigenvalue weighted by atomic mass is 10.2. The van der Waals surface area contributed by atoms with Gasteiger partial charge in [0.2, 0.25) is 0 Å². The lowest BCUT2D eigenvalue weighted by Crippen LogP contribution is -2.32. The van der Waals surface area contributed by atoms with Crippen LogP contribution in [-0.4, -0.2) is 39.1 Å². The number of hydrogen-bond donors (Lipinski definition) is 1. The van der Waals surface area contributed by atoms with Crippen LogP contribution in [0.5, 0.6) is 0 Å². The van der Waals surface area contributed by atoms with Gasteiger partial charge in [-0.25, -0.2) is 9.97 Å². The number of aliphatic carboxylic acids is 1. The molecular formula is C17H20N4O2. The Kier molecular flexibility index (Phi) is 4.50. The third kappa shape index (κ3) is 3.31. The quantitative estimate of drug-likeness (QED) is 0.882. The Labute approximate surface area is 135 Å². The zero-order valence-corrected chi connectivity index (χ0v) is 13.2. The fourth-order valence-electron chi connectivity index (χ4n) is 2.99. The van der Waals surface area contributed by atoms with Gasteiger partial charge >= 0.3 is 5.97 Å². The molecule has 0 fully saturated rings. The number of nitrogens with zero attached hydrogens (tertiary/aromatic N) is 4. The molecule has 1 N–H and O–H groups in total. The van der Waals surface area contributed by atoms with E-state index in [1.54, 1.807) is 12.4 Å². The molecule has 6 nitrogen and oxygen atoms in total. The van der Waals surface area contributed by atoms with Crippen LogP contribution >= 0.6 is 0 Å². The first-order valence-corrected chi connectivity index (χ1v) is 7.96. The van der Waals surface area contributed by atoms with Crippen LogP contribution in [0.1, 0.15) is 31.0 Å². The molecule has 120 valence electrons. The highest BCUT2D eigenvalue weighted by Gasteiger charge is 2.24. The van der Waals surface area contributed by atoms with Gasteiger partial charge in [0.25, 0.3) is 0 Å². The van der Waals surface area contributed by atoms with Crippen molar-refractivity contribution in [2.24, 2.45) is 0 Å². The van der Waals surface area contributed by atoms with E-state index < -0.39 is 5.97 Å². The van der Waals surface area contributed by atoms with Crippen molar-refractivity contribution >= 4 is 11.8 Å². The van der Waals surface area contributed by atoms with Gasteiger partial charge in [0.05, 0.1) is 0 Å². The zero-order chi connectivity index (χ0) is 16.2. The fraction of sp³-hybridized carbons (Fsp3) is 0.412. The standard InChI is InChI=1S/C17H20N4O2/c1-2-9-21(11-15(22)23)17-13-6-3-7-14(13)19-16(20-17)12-5-4-8-18-10-12/h4-5,8,10H,2-3,6-7,9,11H2,1H3,(H,22,23). The first-order valence-electron chi connectivity index (χ1n) is 7.96. The van der Waals surface area contributed by atoms with Crippen molar-refractivity contribution in [3.63, 3.8) is 0 Å². The molecule has 1 aliphatic carbocycles. The maximum absolute atomic E-state index is 11.2. The van der Waals surface area contributed by atoms with Crippen LogP contribution in [0, 0.1) is 0 Å². The maximum atomic E-state index is 11.2. The summed E-state index contributed by atoms with van der Waals surface area (Å²) in [5, 5.41) is 9.21. The number of fused-ring (bicyclic) bond motifs is 1. The molecule has 0 radical (unpaired) electrons. The van der Waals surface area contributed by atoms with Gasteiger partial charge < -0.3 is 10.0 Å². The molecule has 23 heavy (non-hydrogen) atoms. The molecule has 0 spiro atoms. The third-order valence-corrected chi connectivity index (χ3v) is 3.95. The van der Waals surface area contributed by atoms with Crippen LogP contribution in [0.3, 0.4) is 0 Å². The van der Waals surface area contributed by atoms with Crippen LogP contribution < -0.4 is 4.90 Å². The van der Waals surface area contributed by atoms with E-state index >= 15 is 0 Å². The van der Waals surface area contributed by atoms with Gasteiger partial charge in [0, 0.05) is 35.8 Å². The molecule has 6 heteroatoms. The highest BCUT2D eigenvalue weighted by atomic mass is 16.4. The summed E-state index contributed by atoms with van der Waals surface area (Å²) in [5.74, 6) is 0.558. The number of carboxylic acids is 1. The number of aryl methyl sites for hydroxylation is 1. The van der Waals surface area contributed by atoms with Gasteiger partial charge in [-0.05, 0) is 37.8 Å². The number of hydrogen-bond acceptors (Lipinski definition) is 5. The zero-order valence-electron chi connectivity index (χ0n) is 13.2. The van der Waals surface area contributed by atoms with E-state index in [4.69, 9.17) is 4.98 Å². The molecular weight excluding hydrogens is 292 g/mol. The van der Waals surface area contributed by atoms with Crippen molar-refractivity contribution < 1.29 is 9.90 Å². The van der Waals surface area contributed by atoms with E-state index in [2.05, 4.69) is 9.97 Å². The van der Waals surface area contributed by atoms with E-state index in [0.717, 1.165) is 48.3 Å². The molecule has 3 rings (SSSR count). The molecule has 0 aliphatic heterocycles. The van der Waals surface area contributed by atoms with E-state index in [1.807, 2.05) is 24.0 Å². The summed E-state index contributed by atoms with van der Waals surface area (Å²) < 4.78 is 0. The van der Waals surface area contributed by atoms with Crippen molar-refractivity contribution in [2.75, 3.05) is 18.0 Å². The Balaban J connectivity index is 2.07.